The van der Waals surface area contributed by atoms with Crippen molar-refractivity contribution in [3.63, 3.8) is 0 Å². The highest BCUT2D eigenvalue weighted by Gasteiger charge is 2.29. The highest BCUT2D eigenvalue weighted by molar-refractivity contribution is 5.73. The molecule has 1 fully saturated rings. The van der Waals surface area contributed by atoms with Gasteiger partial charge in [0.25, 0.3) is 0 Å². The Hall–Kier alpha value is -1.59. The fourth-order valence-electron chi connectivity index (χ4n) is 3.46. The van der Waals surface area contributed by atoms with Crippen LogP contribution >= 0.6 is 0 Å². The quantitative estimate of drug-likeness (QED) is 0.802. The highest BCUT2D eigenvalue weighted by Crippen LogP contribution is 2.31. The van der Waals surface area contributed by atoms with Crippen molar-refractivity contribution in [2.75, 3.05) is 19.8 Å². The number of benzene rings is 1. The second kappa shape index (κ2) is 8.49. The number of carboxylic acids is 1. The van der Waals surface area contributed by atoms with Crippen LogP contribution < -0.4 is 4.74 Å². The van der Waals surface area contributed by atoms with Crippen LogP contribution in [0, 0.1) is 6.92 Å². The topological polar surface area (TPSA) is 70.0 Å². The molecule has 0 aliphatic carbocycles. The van der Waals surface area contributed by atoms with Crippen LogP contribution in [0.4, 0.5) is 0 Å². The average Bonchev–Trinajstić information content (AvgIpc) is 2.54. The Bertz CT molecular complexity index is 571. The van der Waals surface area contributed by atoms with E-state index in [9.17, 15) is 9.90 Å². The molecule has 1 heterocycles. The van der Waals surface area contributed by atoms with Gasteiger partial charge in [-0.3, -0.25) is 9.69 Å². The van der Waals surface area contributed by atoms with Gasteiger partial charge < -0.3 is 14.9 Å². The Labute approximate surface area is 144 Å². The van der Waals surface area contributed by atoms with E-state index in [-0.39, 0.29) is 13.2 Å². The maximum Gasteiger partial charge on any atom is 0.320 e. The zero-order chi connectivity index (χ0) is 17.7. The van der Waals surface area contributed by atoms with Crippen molar-refractivity contribution in [2.24, 2.45) is 0 Å². The van der Waals surface area contributed by atoms with Crippen LogP contribution in [0.2, 0.25) is 0 Å². The molecule has 134 valence electrons. The van der Waals surface area contributed by atoms with Crippen molar-refractivity contribution >= 4 is 5.97 Å². The summed E-state index contributed by atoms with van der Waals surface area (Å²) in [6.07, 6.45) is 2.69. The molecule has 24 heavy (non-hydrogen) atoms. The third-order valence-electron chi connectivity index (χ3n) is 4.69. The molecule has 1 aliphatic rings. The van der Waals surface area contributed by atoms with Crippen LogP contribution in [0.3, 0.4) is 0 Å². The first-order valence-electron chi connectivity index (χ1n) is 8.78. The number of carboxylic acid groups (broad SMARTS) is 1. The van der Waals surface area contributed by atoms with Gasteiger partial charge in [0.05, 0.1) is 6.61 Å². The van der Waals surface area contributed by atoms with Crippen molar-refractivity contribution in [3.8, 4) is 5.75 Å². The summed E-state index contributed by atoms with van der Waals surface area (Å²) in [6.45, 7) is 7.94. The van der Waals surface area contributed by atoms with Crippen LogP contribution in [-0.4, -0.2) is 46.9 Å². The van der Waals surface area contributed by atoms with Gasteiger partial charge in [0.1, 0.15) is 18.4 Å². The Kier molecular flexibility index (Phi) is 6.63. The second-order valence-corrected chi connectivity index (χ2v) is 6.86. The number of likely N-dealkylation sites (tertiary alicyclic amines) is 1. The van der Waals surface area contributed by atoms with E-state index in [0.29, 0.717) is 18.9 Å². The van der Waals surface area contributed by atoms with Gasteiger partial charge in [0.15, 0.2) is 0 Å². The molecule has 0 bridgehead atoms. The number of aliphatic carboxylic acids is 1. The van der Waals surface area contributed by atoms with Crippen molar-refractivity contribution in [3.05, 3.63) is 28.8 Å². The summed E-state index contributed by atoms with van der Waals surface area (Å²) in [4.78, 5) is 13.6. The summed E-state index contributed by atoms with van der Waals surface area (Å²) in [5.74, 6) is 0.400. The van der Waals surface area contributed by atoms with Crippen LogP contribution in [0.5, 0.6) is 5.75 Å². The minimum Gasteiger partial charge on any atom is -0.491 e. The number of rotatable bonds is 7. The van der Waals surface area contributed by atoms with E-state index < -0.39 is 12.0 Å². The van der Waals surface area contributed by atoms with E-state index in [0.717, 1.165) is 36.3 Å². The van der Waals surface area contributed by atoms with E-state index in [1.807, 2.05) is 11.0 Å². The summed E-state index contributed by atoms with van der Waals surface area (Å²) in [5, 5.41) is 18.5. The maximum atomic E-state index is 11.5. The van der Waals surface area contributed by atoms with Gasteiger partial charge in [-0.15, -0.1) is 0 Å². The van der Waals surface area contributed by atoms with Gasteiger partial charge in [-0.25, -0.2) is 0 Å². The summed E-state index contributed by atoms with van der Waals surface area (Å²) in [7, 11) is 0. The van der Waals surface area contributed by atoms with Crippen LogP contribution in [0.25, 0.3) is 0 Å². The minimum absolute atomic E-state index is 0.0358. The number of aliphatic hydroxyl groups excluding tert-OH is 1. The van der Waals surface area contributed by atoms with E-state index >= 15 is 0 Å². The van der Waals surface area contributed by atoms with Gasteiger partial charge in [0, 0.05) is 12.1 Å². The molecule has 2 N–H and O–H groups in total. The zero-order valence-electron chi connectivity index (χ0n) is 14.9. The van der Waals surface area contributed by atoms with Crippen molar-refractivity contribution < 1.29 is 19.7 Å². The number of ether oxygens (including phenoxy) is 1. The maximum absolute atomic E-state index is 11.5. The lowest BCUT2D eigenvalue weighted by Gasteiger charge is -2.33. The summed E-state index contributed by atoms with van der Waals surface area (Å²) >= 11 is 0. The predicted octanol–water partition coefficient (Wildman–Crippen LogP) is 2.93. The number of carbonyl (C=O) groups is 1. The number of hydrogen-bond donors (Lipinski definition) is 2. The second-order valence-electron chi connectivity index (χ2n) is 6.86. The molecule has 0 radical (unpaired) electrons. The first-order valence-corrected chi connectivity index (χ1v) is 8.78. The Morgan fingerprint density at radius 2 is 2.12 bits per heavy atom. The average molecular weight is 335 g/mol. The molecular formula is C19H29NO4. The first-order chi connectivity index (χ1) is 11.4. The number of hydrogen-bond acceptors (Lipinski definition) is 4. The van der Waals surface area contributed by atoms with Gasteiger partial charge in [-0.1, -0.05) is 26.3 Å². The summed E-state index contributed by atoms with van der Waals surface area (Å²) in [6, 6.07) is 3.73. The number of nitrogens with zero attached hydrogens (tertiary/aromatic N) is 1. The molecule has 0 saturated carbocycles. The minimum atomic E-state index is -0.747. The van der Waals surface area contributed by atoms with Crippen LogP contribution in [-0.2, 0) is 11.3 Å². The van der Waals surface area contributed by atoms with Crippen LogP contribution in [0.15, 0.2) is 12.1 Å². The van der Waals surface area contributed by atoms with E-state index in [4.69, 9.17) is 9.84 Å². The first kappa shape index (κ1) is 18.7. The summed E-state index contributed by atoms with van der Waals surface area (Å²) in [5.41, 5.74) is 3.42. The standard InChI is InChI=1S/C19H29NO4/c1-13(2)16-11-15(18(10-14(16)3)24-9-8-21)12-20-7-5-4-6-17(20)19(22)23/h10-11,13,17,21H,4-9,12H2,1-3H3,(H,22,23)/t17-/m0/s1. The molecule has 1 atom stereocenters. The lowest BCUT2D eigenvalue weighted by Crippen LogP contribution is -2.44. The predicted molar refractivity (Wildman–Crippen MR) is 93.5 cm³/mol. The molecule has 0 unspecified atom stereocenters. The SMILES string of the molecule is Cc1cc(OCCO)c(CN2CCCC[C@H]2C(=O)O)cc1C(C)C. The molecule has 2 rings (SSSR count). The Morgan fingerprint density at radius 1 is 1.38 bits per heavy atom. The fraction of sp³-hybridized carbons (Fsp3) is 0.632. The molecule has 0 spiro atoms. The van der Waals surface area contributed by atoms with E-state index in [1.165, 1.54) is 5.56 Å². The van der Waals surface area contributed by atoms with Gasteiger partial charge in [-0.05, 0) is 49.4 Å². The Morgan fingerprint density at radius 3 is 2.75 bits per heavy atom. The normalized spacial score (nSPS) is 18.8. The van der Waals surface area contributed by atoms with Crippen molar-refractivity contribution in [1.29, 1.82) is 0 Å². The molecule has 0 amide bonds. The lowest BCUT2D eigenvalue weighted by atomic mass is 9.94. The third kappa shape index (κ3) is 4.48. The number of aryl methyl sites for hydroxylation is 1. The zero-order valence-corrected chi connectivity index (χ0v) is 14.9. The molecule has 5 nitrogen and oxygen atoms in total. The highest BCUT2D eigenvalue weighted by atomic mass is 16.5. The monoisotopic (exact) mass is 335 g/mol. The third-order valence-corrected chi connectivity index (χ3v) is 4.69. The van der Waals surface area contributed by atoms with Gasteiger partial charge in [-0.2, -0.15) is 0 Å². The number of piperidine rings is 1. The van der Waals surface area contributed by atoms with Gasteiger partial charge in [0.2, 0.25) is 0 Å². The van der Waals surface area contributed by atoms with Gasteiger partial charge >= 0.3 is 5.97 Å². The smallest absolute Gasteiger partial charge is 0.320 e. The summed E-state index contributed by atoms with van der Waals surface area (Å²) < 4.78 is 5.72. The molecule has 1 saturated heterocycles. The molecule has 0 aromatic heterocycles. The van der Waals surface area contributed by atoms with E-state index in [1.54, 1.807) is 0 Å². The molecule has 1 aromatic carbocycles. The number of aliphatic hydroxyl groups is 1. The molecule has 1 aromatic rings. The van der Waals surface area contributed by atoms with Crippen LogP contribution in [0.1, 0.15) is 55.7 Å². The Balaban J connectivity index is 2.31. The van der Waals surface area contributed by atoms with Crippen molar-refractivity contribution in [2.45, 2.75) is 58.5 Å². The molecule has 5 heteroatoms. The van der Waals surface area contributed by atoms with E-state index in [2.05, 4.69) is 26.8 Å². The lowest BCUT2D eigenvalue weighted by molar-refractivity contribution is -0.144. The molecule has 1 aliphatic heterocycles. The van der Waals surface area contributed by atoms with Crippen molar-refractivity contribution in [1.82, 2.24) is 4.90 Å². The molecular weight excluding hydrogens is 306 g/mol. The largest absolute Gasteiger partial charge is 0.491 e. The fourth-order valence-corrected chi connectivity index (χ4v) is 3.46.